The summed E-state index contributed by atoms with van der Waals surface area (Å²) in [5, 5.41) is 3.50. The van der Waals surface area contributed by atoms with Crippen molar-refractivity contribution in [3.05, 3.63) is 28.8 Å². The molecule has 0 saturated heterocycles. The Morgan fingerprint density at radius 1 is 1.00 bits per heavy atom. The standard InChI is InChI=1S/C19H33NO/c1-14(2)8-7-9-21-19-16(5)10-18(11-17(19)6)13-20-12-15(3)4/h10-11,14-15,20H,7-9,12-13H2,1-6H3. The van der Waals surface area contributed by atoms with Crippen molar-refractivity contribution in [2.24, 2.45) is 11.8 Å². The molecule has 0 aliphatic carbocycles. The molecular weight excluding hydrogens is 258 g/mol. The Balaban J connectivity index is 2.54. The summed E-state index contributed by atoms with van der Waals surface area (Å²) in [5.41, 5.74) is 3.85. The molecule has 0 aliphatic rings. The fourth-order valence-electron chi connectivity index (χ4n) is 2.54. The smallest absolute Gasteiger partial charge is 0.125 e. The van der Waals surface area contributed by atoms with E-state index in [1.807, 2.05) is 0 Å². The third-order valence-corrected chi connectivity index (χ3v) is 3.57. The molecular formula is C19H33NO. The van der Waals surface area contributed by atoms with Gasteiger partial charge in [0.15, 0.2) is 0 Å². The van der Waals surface area contributed by atoms with Crippen molar-refractivity contribution in [1.82, 2.24) is 5.32 Å². The topological polar surface area (TPSA) is 21.3 Å². The Morgan fingerprint density at radius 3 is 2.14 bits per heavy atom. The molecule has 0 spiro atoms. The highest BCUT2D eigenvalue weighted by atomic mass is 16.5. The van der Waals surface area contributed by atoms with Crippen molar-refractivity contribution in [3.8, 4) is 5.75 Å². The normalized spacial score (nSPS) is 11.4. The SMILES string of the molecule is Cc1cc(CNCC(C)C)cc(C)c1OCCCC(C)C. The second-order valence-electron chi connectivity index (χ2n) is 6.97. The van der Waals surface area contributed by atoms with E-state index in [1.165, 1.54) is 23.1 Å². The van der Waals surface area contributed by atoms with E-state index in [0.29, 0.717) is 5.92 Å². The maximum absolute atomic E-state index is 6.00. The molecule has 0 radical (unpaired) electrons. The van der Waals surface area contributed by atoms with E-state index < -0.39 is 0 Å². The zero-order chi connectivity index (χ0) is 15.8. The lowest BCUT2D eigenvalue weighted by Gasteiger charge is -2.15. The number of nitrogens with one attached hydrogen (secondary N) is 1. The van der Waals surface area contributed by atoms with Crippen molar-refractivity contribution >= 4 is 0 Å². The first-order chi connectivity index (χ1) is 9.90. The molecule has 1 rings (SSSR count). The molecule has 2 nitrogen and oxygen atoms in total. The van der Waals surface area contributed by atoms with E-state index in [2.05, 4.69) is 59.0 Å². The van der Waals surface area contributed by atoms with E-state index in [-0.39, 0.29) is 0 Å². The Bertz CT molecular complexity index is 401. The second kappa shape index (κ2) is 9.09. The molecule has 1 N–H and O–H groups in total. The maximum atomic E-state index is 6.00. The number of hydrogen-bond acceptors (Lipinski definition) is 2. The van der Waals surface area contributed by atoms with Gasteiger partial charge in [0.05, 0.1) is 6.61 Å². The van der Waals surface area contributed by atoms with E-state index in [9.17, 15) is 0 Å². The summed E-state index contributed by atoms with van der Waals surface area (Å²) in [5.74, 6) is 2.52. The van der Waals surface area contributed by atoms with Crippen molar-refractivity contribution in [2.75, 3.05) is 13.2 Å². The van der Waals surface area contributed by atoms with Gasteiger partial charge in [-0.25, -0.2) is 0 Å². The van der Waals surface area contributed by atoms with Gasteiger partial charge in [0.25, 0.3) is 0 Å². The molecule has 21 heavy (non-hydrogen) atoms. The van der Waals surface area contributed by atoms with Gasteiger partial charge in [-0.05, 0) is 61.8 Å². The molecule has 0 bridgehead atoms. The number of aryl methyl sites for hydroxylation is 2. The summed E-state index contributed by atoms with van der Waals surface area (Å²) in [6.07, 6.45) is 2.36. The van der Waals surface area contributed by atoms with Crippen LogP contribution >= 0.6 is 0 Å². The zero-order valence-corrected chi connectivity index (χ0v) is 14.8. The molecule has 0 saturated carbocycles. The lowest BCUT2D eigenvalue weighted by Crippen LogP contribution is -2.19. The van der Waals surface area contributed by atoms with Gasteiger partial charge < -0.3 is 10.1 Å². The molecule has 1 aromatic carbocycles. The van der Waals surface area contributed by atoms with Gasteiger partial charge in [0.1, 0.15) is 5.75 Å². The van der Waals surface area contributed by atoms with Crippen LogP contribution in [0.25, 0.3) is 0 Å². The average Bonchev–Trinajstić information content (AvgIpc) is 2.36. The van der Waals surface area contributed by atoms with E-state index in [0.717, 1.165) is 37.8 Å². The predicted octanol–water partition coefficient (Wildman–Crippen LogP) is 4.86. The molecule has 120 valence electrons. The molecule has 2 heteroatoms. The quantitative estimate of drug-likeness (QED) is 0.656. The first-order valence-electron chi connectivity index (χ1n) is 8.33. The van der Waals surface area contributed by atoms with Crippen LogP contribution < -0.4 is 10.1 Å². The summed E-state index contributed by atoms with van der Waals surface area (Å²) in [4.78, 5) is 0. The van der Waals surface area contributed by atoms with Crippen LogP contribution in [0.15, 0.2) is 12.1 Å². The average molecular weight is 291 g/mol. The molecule has 0 aliphatic heterocycles. The minimum Gasteiger partial charge on any atom is -0.493 e. The zero-order valence-electron chi connectivity index (χ0n) is 14.8. The summed E-state index contributed by atoms with van der Waals surface area (Å²) in [6.45, 7) is 16.1. The third kappa shape index (κ3) is 6.99. The Hall–Kier alpha value is -1.02. The highest BCUT2D eigenvalue weighted by Gasteiger charge is 2.07. The van der Waals surface area contributed by atoms with Crippen molar-refractivity contribution in [3.63, 3.8) is 0 Å². The van der Waals surface area contributed by atoms with Crippen molar-refractivity contribution < 1.29 is 4.74 Å². The van der Waals surface area contributed by atoms with Crippen LogP contribution in [0.4, 0.5) is 0 Å². The highest BCUT2D eigenvalue weighted by Crippen LogP contribution is 2.25. The molecule has 1 aromatic rings. The summed E-state index contributed by atoms with van der Waals surface area (Å²) >= 11 is 0. The molecule has 0 heterocycles. The van der Waals surface area contributed by atoms with Crippen LogP contribution in [0, 0.1) is 25.7 Å². The minimum absolute atomic E-state index is 0.691. The lowest BCUT2D eigenvalue weighted by molar-refractivity contribution is 0.294. The molecule has 0 atom stereocenters. The lowest BCUT2D eigenvalue weighted by atomic mass is 10.1. The molecule has 0 amide bonds. The number of hydrogen-bond donors (Lipinski definition) is 1. The first-order valence-corrected chi connectivity index (χ1v) is 8.33. The molecule has 0 aromatic heterocycles. The second-order valence-corrected chi connectivity index (χ2v) is 6.97. The van der Waals surface area contributed by atoms with Gasteiger partial charge in [0.2, 0.25) is 0 Å². The van der Waals surface area contributed by atoms with Gasteiger partial charge in [-0.15, -0.1) is 0 Å². The van der Waals surface area contributed by atoms with Crippen LogP contribution in [-0.2, 0) is 6.54 Å². The van der Waals surface area contributed by atoms with Gasteiger partial charge in [-0.1, -0.05) is 39.8 Å². The van der Waals surface area contributed by atoms with Crippen molar-refractivity contribution in [2.45, 2.75) is 60.9 Å². The van der Waals surface area contributed by atoms with Gasteiger partial charge in [-0.2, -0.15) is 0 Å². The Labute approximate surface area is 131 Å². The van der Waals surface area contributed by atoms with Gasteiger partial charge in [0, 0.05) is 6.54 Å². The van der Waals surface area contributed by atoms with Crippen LogP contribution in [0.3, 0.4) is 0 Å². The highest BCUT2D eigenvalue weighted by molar-refractivity contribution is 5.43. The Morgan fingerprint density at radius 2 is 1.62 bits per heavy atom. The molecule has 0 fully saturated rings. The largest absolute Gasteiger partial charge is 0.493 e. The summed E-state index contributed by atoms with van der Waals surface area (Å²) < 4.78 is 6.00. The predicted molar refractivity (Wildman–Crippen MR) is 92.0 cm³/mol. The van der Waals surface area contributed by atoms with Crippen LogP contribution in [0.2, 0.25) is 0 Å². The number of rotatable bonds is 9. The third-order valence-electron chi connectivity index (χ3n) is 3.57. The fourth-order valence-corrected chi connectivity index (χ4v) is 2.54. The van der Waals surface area contributed by atoms with Gasteiger partial charge >= 0.3 is 0 Å². The maximum Gasteiger partial charge on any atom is 0.125 e. The first kappa shape index (κ1) is 18.0. The number of benzene rings is 1. The van der Waals surface area contributed by atoms with E-state index in [1.54, 1.807) is 0 Å². The van der Waals surface area contributed by atoms with Crippen molar-refractivity contribution in [1.29, 1.82) is 0 Å². The summed E-state index contributed by atoms with van der Waals surface area (Å²) in [6, 6.07) is 4.50. The van der Waals surface area contributed by atoms with E-state index >= 15 is 0 Å². The minimum atomic E-state index is 0.691. The molecule has 0 unspecified atom stereocenters. The monoisotopic (exact) mass is 291 g/mol. The fraction of sp³-hybridized carbons (Fsp3) is 0.684. The van der Waals surface area contributed by atoms with Gasteiger partial charge in [-0.3, -0.25) is 0 Å². The number of ether oxygens (including phenoxy) is 1. The van der Waals surface area contributed by atoms with Crippen LogP contribution in [0.5, 0.6) is 5.75 Å². The summed E-state index contributed by atoms with van der Waals surface area (Å²) in [7, 11) is 0. The van der Waals surface area contributed by atoms with Crippen LogP contribution in [0.1, 0.15) is 57.2 Å². The van der Waals surface area contributed by atoms with Crippen LogP contribution in [-0.4, -0.2) is 13.2 Å². The Kier molecular flexibility index (Phi) is 7.81. The van der Waals surface area contributed by atoms with E-state index in [4.69, 9.17) is 4.74 Å².